The van der Waals surface area contributed by atoms with Gasteiger partial charge in [-0.2, -0.15) is 0 Å². The highest BCUT2D eigenvalue weighted by molar-refractivity contribution is 6.23. The van der Waals surface area contributed by atoms with E-state index in [0.29, 0.717) is 0 Å². The number of hydrogen-bond donors (Lipinski definition) is 0. The zero-order chi connectivity index (χ0) is 27.6. The maximum absolute atomic E-state index is 6.37. The van der Waals surface area contributed by atoms with Crippen molar-refractivity contribution in [3.8, 4) is 23.0 Å². The average molecular weight is 542 g/mol. The van der Waals surface area contributed by atoms with Gasteiger partial charge in [0.05, 0.1) is 34.1 Å². The molecule has 9 rings (SSSR count). The molecule has 0 saturated heterocycles. The largest absolute Gasteiger partial charge is 0.453 e. The highest BCUT2D eigenvalue weighted by Crippen LogP contribution is 2.58. The molecule has 42 heavy (non-hydrogen) atoms. The Balaban J connectivity index is 1.43. The molecule has 0 bridgehead atoms. The molecule has 0 amide bonds. The molecule has 198 valence electrons. The van der Waals surface area contributed by atoms with E-state index in [4.69, 9.17) is 9.47 Å². The summed E-state index contributed by atoms with van der Waals surface area (Å²) in [5, 5.41) is 4.37. The fraction of sp³-hybridized carbons (Fsp3) is 0. The molecule has 1 aromatic heterocycles. The summed E-state index contributed by atoms with van der Waals surface area (Å²) < 4.78 is 12.7. The Morgan fingerprint density at radius 3 is 1.19 bits per heavy atom. The van der Waals surface area contributed by atoms with Crippen molar-refractivity contribution < 1.29 is 9.47 Å². The van der Waals surface area contributed by atoms with Crippen LogP contribution in [0, 0.1) is 0 Å². The molecular formula is C37H23N3O2. The van der Waals surface area contributed by atoms with Crippen molar-refractivity contribution in [2.24, 2.45) is 0 Å². The molecule has 0 atom stereocenters. The van der Waals surface area contributed by atoms with Gasteiger partial charge in [0.1, 0.15) is 0 Å². The fourth-order valence-electron chi connectivity index (χ4n) is 6.35. The maximum Gasteiger partial charge on any atom is 0.151 e. The number of ether oxygens (including phenoxy) is 2. The molecule has 6 aromatic carbocycles. The van der Waals surface area contributed by atoms with Gasteiger partial charge in [-0.3, -0.25) is 4.98 Å². The summed E-state index contributed by atoms with van der Waals surface area (Å²) in [6, 6.07) is 43.6. The molecular weight excluding hydrogens is 518 g/mol. The van der Waals surface area contributed by atoms with Crippen LogP contribution in [0.5, 0.6) is 23.0 Å². The van der Waals surface area contributed by atoms with Crippen molar-refractivity contribution in [2.75, 3.05) is 9.80 Å². The number of fused-ring (bicyclic) bond motifs is 6. The van der Waals surface area contributed by atoms with E-state index in [0.717, 1.165) is 78.7 Å². The van der Waals surface area contributed by atoms with Gasteiger partial charge >= 0.3 is 0 Å². The van der Waals surface area contributed by atoms with E-state index in [1.165, 1.54) is 0 Å². The van der Waals surface area contributed by atoms with Crippen molar-refractivity contribution in [1.29, 1.82) is 0 Å². The van der Waals surface area contributed by atoms with Gasteiger partial charge in [0.25, 0.3) is 0 Å². The van der Waals surface area contributed by atoms with Gasteiger partial charge in [0.15, 0.2) is 23.0 Å². The zero-order valence-electron chi connectivity index (χ0n) is 22.4. The molecule has 3 heterocycles. The molecule has 5 heteroatoms. The molecule has 7 aromatic rings. The van der Waals surface area contributed by atoms with Gasteiger partial charge in [-0.05, 0) is 54.6 Å². The third kappa shape index (κ3) is 3.22. The summed E-state index contributed by atoms with van der Waals surface area (Å²) in [4.78, 5) is 9.32. The first kappa shape index (κ1) is 22.9. The minimum absolute atomic E-state index is 0.817. The summed E-state index contributed by atoms with van der Waals surface area (Å²) in [6.45, 7) is 0. The summed E-state index contributed by atoms with van der Waals surface area (Å²) in [5.41, 5.74) is 6.12. The smallest absolute Gasteiger partial charge is 0.151 e. The monoisotopic (exact) mass is 541 g/mol. The third-order valence-corrected chi connectivity index (χ3v) is 8.08. The van der Waals surface area contributed by atoms with E-state index in [2.05, 4.69) is 93.6 Å². The van der Waals surface area contributed by atoms with Crippen LogP contribution in [0.3, 0.4) is 0 Å². The number of benzene rings is 6. The molecule has 0 aliphatic carbocycles. The van der Waals surface area contributed by atoms with E-state index >= 15 is 0 Å². The lowest BCUT2D eigenvalue weighted by molar-refractivity contribution is 0.477. The van der Waals surface area contributed by atoms with Crippen molar-refractivity contribution in [1.82, 2.24) is 4.98 Å². The number of nitrogens with zero attached hydrogens (tertiary/aromatic N) is 3. The van der Waals surface area contributed by atoms with Crippen molar-refractivity contribution in [3.05, 3.63) is 140 Å². The highest BCUT2D eigenvalue weighted by atomic mass is 16.5. The van der Waals surface area contributed by atoms with E-state index in [1.54, 1.807) is 0 Å². The Labute approximate surface area is 242 Å². The molecule has 2 aliphatic rings. The standard InChI is InChI=1S/C37H23N3O2/c1-2-12-25-24(11-1)36(39-28-13-3-7-17-32(28)41-33-18-8-4-14-29(33)39)26-21-22-38-23-27(26)37(25)40-30-15-5-9-19-34(30)42-35-20-10-6-16-31(35)40/h1-23H. The normalized spacial score (nSPS) is 13.0. The molecule has 5 nitrogen and oxygen atoms in total. The van der Waals surface area contributed by atoms with Gasteiger partial charge in [0.2, 0.25) is 0 Å². The molecule has 0 spiro atoms. The van der Waals surface area contributed by atoms with Crippen LogP contribution in [0.2, 0.25) is 0 Å². The van der Waals surface area contributed by atoms with Crippen LogP contribution < -0.4 is 19.3 Å². The summed E-state index contributed by atoms with van der Waals surface area (Å²) >= 11 is 0. The summed E-state index contributed by atoms with van der Waals surface area (Å²) in [6.07, 6.45) is 3.86. The Hall–Kier alpha value is -5.81. The Morgan fingerprint density at radius 2 is 0.738 bits per heavy atom. The number of anilines is 6. The highest BCUT2D eigenvalue weighted by Gasteiger charge is 2.32. The van der Waals surface area contributed by atoms with E-state index in [9.17, 15) is 0 Å². The van der Waals surface area contributed by atoms with Crippen LogP contribution in [0.25, 0.3) is 21.5 Å². The quantitative estimate of drug-likeness (QED) is 0.204. The number of para-hydroxylation sites is 8. The second kappa shape index (κ2) is 8.85. The second-order valence-electron chi connectivity index (χ2n) is 10.4. The zero-order valence-corrected chi connectivity index (χ0v) is 22.4. The Morgan fingerprint density at radius 1 is 0.381 bits per heavy atom. The SMILES string of the molecule is c1ccc2c(c1)Oc1ccccc1N2c1c2ccccc2c(N2c3ccccc3Oc3ccccc32)c2cnccc12. The second-order valence-corrected chi connectivity index (χ2v) is 10.4. The van der Waals surface area contributed by atoms with Gasteiger partial charge in [-0.25, -0.2) is 0 Å². The molecule has 0 radical (unpaired) electrons. The van der Waals surface area contributed by atoms with Crippen molar-refractivity contribution in [2.45, 2.75) is 0 Å². The number of aromatic nitrogens is 1. The molecule has 0 saturated carbocycles. The van der Waals surface area contributed by atoms with Crippen LogP contribution >= 0.6 is 0 Å². The first-order chi connectivity index (χ1) is 20.9. The Bertz CT molecular complexity index is 1890. The molecule has 0 N–H and O–H groups in total. The third-order valence-electron chi connectivity index (χ3n) is 8.08. The minimum Gasteiger partial charge on any atom is -0.453 e. The van der Waals surface area contributed by atoms with Gasteiger partial charge in [0, 0.05) is 33.9 Å². The van der Waals surface area contributed by atoms with Crippen LogP contribution in [0.15, 0.2) is 140 Å². The van der Waals surface area contributed by atoms with Crippen molar-refractivity contribution in [3.63, 3.8) is 0 Å². The van der Waals surface area contributed by atoms with E-state index < -0.39 is 0 Å². The Kier molecular flexibility index (Phi) is 4.83. The fourth-order valence-corrected chi connectivity index (χ4v) is 6.35. The predicted octanol–water partition coefficient (Wildman–Crippen LogP) is 10.5. The lowest BCUT2D eigenvalue weighted by atomic mass is 9.95. The number of hydrogen-bond acceptors (Lipinski definition) is 5. The number of rotatable bonds is 2. The van der Waals surface area contributed by atoms with Crippen LogP contribution in [-0.2, 0) is 0 Å². The first-order valence-corrected chi connectivity index (χ1v) is 14.0. The topological polar surface area (TPSA) is 37.8 Å². The van der Waals surface area contributed by atoms with Crippen LogP contribution in [-0.4, -0.2) is 4.98 Å². The summed E-state index contributed by atoms with van der Waals surface area (Å²) in [5.74, 6) is 3.28. The van der Waals surface area contributed by atoms with Gasteiger partial charge in [-0.15, -0.1) is 0 Å². The predicted molar refractivity (Wildman–Crippen MR) is 169 cm³/mol. The molecule has 2 aliphatic heterocycles. The van der Waals surface area contributed by atoms with E-state index in [1.807, 2.05) is 60.9 Å². The summed E-state index contributed by atoms with van der Waals surface area (Å²) in [7, 11) is 0. The van der Waals surface area contributed by atoms with E-state index in [-0.39, 0.29) is 0 Å². The first-order valence-electron chi connectivity index (χ1n) is 14.0. The van der Waals surface area contributed by atoms with Gasteiger partial charge < -0.3 is 19.3 Å². The van der Waals surface area contributed by atoms with Crippen LogP contribution in [0.1, 0.15) is 0 Å². The molecule has 0 unspecified atom stereocenters. The lowest BCUT2D eigenvalue weighted by Crippen LogP contribution is -2.19. The maximum atomic E-state index is 6.37. The molecule has 0 fully saturated rings. The minimum atomic E-state index is 0.817. The average Bonchev–Trinajstić information content (AvgIpc) is 3.05. The van der Waals surface area contributed by atoms with Gasteiger partial charge in [-0.1, -0.05) is 72.8 Å². The van der Waals surface area contributed by atoms with Crippen LogP contribution in [0.4, 0.5) is 34.1 Å². The van der Waals surface area contributed by atoms with Crippen molar-refractivity contribution >= 4 is 55.7 Å². The lowest BCUT2D eigenvalue weighted by Gasteiger charge is -2.37. The number of pyridine rings is 1.